The maximum atomic E-state index is 11.9. The topological polar surface area (TPSA) is 154 Å². The molecule has 0 unspecified atom stereocenters. The molecule has 2 aromatic heterocycles. The summed E-state index contributed by atoms with van der Waals surface area (Å²) in [5.41, 5.74) is 0.789. The van der Waals surface area contributed by atoms with Crippen LogP contribution in [0.2, 0.25) is 5.02 Å². The number of aliphatic carboxylic acids is 1. The van der Waals surface area contributed by atoms with Crippen molar-refractivity contribution in [1.29, 1.82) is 0 Å². The molecule has 0 aliphatic carbocycles. The molecule has 0 aliphatic rings. The van der Waals surface area contributed by atoms with Crippen LogP contribution in [0.4, 0.5) is 5.69 Å². The number of H-pyrrole nitrogens is 1. The lowest BCUT2D eigenvalue weighted by molar-refractivity contribution is -0.384. The van der Waals surface area contributed by atoms with Gasteiger partial charge in [-0.05, 0) is 42.1 Å². The Morgan fingerprint density at radius 2 is 1.89 bits per heavy atom. The van der Waals surface area contributed by atoms with Crippen LogP contribution in [-0.2, 0) is 4.79 Å². The number of hydrogen-bond acceptors (Lipinski definition) is 9. The van der Waals surface area contributed by atoms with Gasteiger partial charge in [0.1, 0.15) is 27.9 Å². The normalized spacial score (nSPS) is 11.4. The standard InChI is InChI=1S/C23H17ClN4O7S/c1-33-15-7-12(8-16(10-15)34-2)21-25-23(27-26-21)36-20(22(29)30)11-14-4-6-19(35-14)17-9-13(28(31)32)3-5-18(17)24/h3-11H,1-2H3,(H,29,30)(H,25,26,27)/b20-11-. The van der Waals surface area contributed by atoms with Gasteiger partial charge in [-0.1, -0.05) is 11.6 Å². The lowest BCUT2D eigenvalue weighted by atomic mass is 10.1. The van der Waals surface area contributed by atoms with Crippen molar-refractivity contribution in [2.75, 3.05) is 14.2 Å². The number of nitrogens with one attached hydrogen (secondary N) is 1. The van der Waals surface area contributed by atoms with Crippen molar-refractivity contribution in [3.8, 4) is 34.2 Å². The van der Waals surface area contributed by atoms with Gasteiger partial charge in [-0.15, -0.1) is 5.10 Å². The van der Waals surface area contributed by atoms with Crippen LogP contribution >= 0.6 is 23.4 Å². The quantitative estimate of drug-likeness (QED) is 0.123. The van der Waals surface area contributed by atoms with E-state index in [-0.39, 0.29) is 32.3 Å². The molecule has 0 amide bonds. The summed E-state index contributed by atoms with van der Waals surface area (Å²) < 4.78 is 16.2. The van der Waals surface area contributed by atoms with Gasteiger partial charge in [0, 0.05) is 35.4 Å². The maximum Gasteiger partial charge on any atom is 0.342 e. The predicted molar refractivity (Wildman–Crippen MR) is 132 cm³/mol. The van der Waals surface area contributed by atoms with Crippen LogP contribution in [0.3, 0.4) is 0 Å². The summed E-state index contributed by atoms with van der Waals surface area (Å²) in [7, 11) is 3.05. The van der Waals surface area contributed by atoms with Crippen molar-refractivity contribution in [3.63, 3.8) is 0 Å². The molecule has 0 radical (unpaired) electrons. The number of benzene rings is 2. The smallest absolute Gasteiger partial charge is 0.342 e. The van der Waals surface area contributed by atoms with E-state index in [2.05, 4.69) is 15.2 Å². The number of hydrogen-bond donors (Lipinski definition) is 2. The molecule has 11 nitrogen and oxygen atoms in total. The van der Waals surface area contributed by atoms with E-state index in [1.54, 1.807) is 24.3 Å². The van der Waals surface area contributed by atoms with Gasteiger partial charge in [0.25, 0.3) is 5.69 Å². The first kappa shape index (κ1) is 24.8. The van der Waals surface area contributed by atoms with Crippen LogP contribution in [0.1, 0.15) is 5.76 Å². The molecular weight excluding hydrogens is 512 g/mol. The van der Waals surface area contributed by atoms with Crippen LogP contribution in [0.15, 0.2) is 63.0 Å². The Morgan fingerprint density at radius 1 is 1.17 bits per heavy atom. The predicted octanol–water partition coefficient (Wildman–Crippen LogP) is 5.53. The van der Waals surface area contributed by atoms with E-state index in [1.165, 1.54) is 44.6 Å². The lowest BCUT2D eigenvalue weighted by Crippen LogP contribution is -1.97. The zero-order valence-electron chi connectivity index (χ0n) is 18.7. The molecule has 0 aliphatic heterocycles. The summed E-state index contributed by atoms with van der Waals surface area (Å²) in [6.45, 7) is 0. The van der Waals surface area contributed by atoms with Gasteiger partial charge in [-0.3, -0.25) is 15.2 Å². The summed E-state index contributed by atoms with van der Waals surface area (Å²) in [4.78, 5) is 26.6. The van der Waals surface area contributed by atoms with Crippen molar-refractivity contribution in [3.05, 3.63) is 74.3 Å². The summed E-state index contributed by atoms with van der Waals surface area (Å²) >= 11 is 6.98. The number of thioether (sulfide) groups is 1. The molecule has 36 heavy (non-hydrogen) atoms. The first-order valence-corrected chi connectivity index (χ1v) is 11.3. The number of methoxy groups -OCH3 is 2. The van der Waals surface area contributed by atoms with Gasteiger partial charge in [0.05, 0.1) is 24.2 Å². The van der Waals surface area contributed by atoms with Gasteiger partial charge >= 0.3 is 5.97 Å². The Kier molecular flexibility index (Phi) is 7.27. The van der Waals surface area contributed by atoms with Gasteiger partial charge < -0.3 is 19.0 Å². The molecule has 0 saturated heterocycles. The Morgan fingerprint density at radius 3 is 2.53 bits per heavy atom. The zero-order chi connectivity index (χ0) is 25.8. The summed E-state index contributed by atoms with van der Waals surface area (Å²) in [6, 6.07) is 12.2. The SMILES string of the molecule is COc1cc(OC)cc(-c2nc(S/C(=C\c3ccc(-c4cc([N+](=O)[O-])ccc4Cl)o3)C(=O)O)n[nH]2)c1. The lowest BCUT2D eigenvalue weighted by Gasteiger charge is -2.06. The second-order valence-corrected chi connectivity index (χ2v) is 8.52. The number of ether oxygens (including phenoxy) is 2. The van der Waals surface area contributed by atoms with Gasteiger partial charge in [0.15, 0.2) is 5.82 Å². The second kappa shape index (κ2) is 10.5. The highest BCUT2D eigenvalue weighted by Crippen LogP contribution is 2.35. The van der Waals surface area contributed by atoms with Gasteiger partial charge in [-0.25, -0.2) is 9.78 Å². The average molecular weight is 529 g/mol. The highest BCUT2D eigenvalue weighted by atomic mass is 35.5. The minimum Gasteiger partial charge on any atom is -0.497 e. The maximum absolute atomic E-state index is 11.9. The second-order valence-electron chi connectivity index (χ2n) is 7.11. The molecule has 13 heteroatoms. The zero-order valence-corrected chi connectivity index (χ0v) is 20.3. The van der Waals surface area contributed by atoms with E-state index in [4.69, 9.17) is 25.5 Å². The monoisotopic (exact) mass is 528 g/mol. The van der Waals surface area contributed by atoms with Crippen LogP contribution in [0.5, 0.6) is 11.5 Å². The highest BCUT2D eigenvalue weighted by Gasteiger charge is 2.18. The Balaban J connectivity index is 1.59. The van der Waals surface area contributed by atoms with Crippen molar-refractivity contribution in [2.24, 2.45) is 0 Å². The molecule has 0 spiro atoms. The third-order valence-corrected chi connectivity index (χ3v) is 6.04. The molecule has 0 fully saturated rings. The van der Waals surface area contributed by atoms with E-state index in [0.29, 0.717) is 28.5 Å². The third kappa shape index (κ3) is 5.50. The molecule has 0 bridgehead atoms. The minimum atomic E-state index is -1.22. The number of furan rings is 1. The molecule has 0 saturated carbocycles. The fraction of sp³-hybridized carbons (Fsp3) is 0.0870. The third-order valence-electron chi connectivity index (χ3n) is 4.83. The molecule has 4 aromatic rings. The van der Waals surface area contributed by atoms with Crippen molar-refractivity contribution in [1.82, 2.24) is 15.2 Å². The summed E-state index contributed by atoms with van der Waals surface area (Å²) in [5.74, 6) is 0.723. The van der Waals surface area contributed by atoms with Crippen LogP contribution in [-0.4, -0.2) is 45.4 Å². The van der Waals surface area contributed by atoms with Crippen LogP contribution in [0, 0.1) is 10.1 Å². The molecule has 0 atom stereocenters. The van der Waals surface area contributed by atoms with Crippen LogP contribution in [0.25, 0.3) is 28.8 Å². The molecule has 2 heterocycles. The number of nitro benzene ring substituents is 1. The minimum absolute atomic E-state index is 0.116. The number of halogens is 1. The van der Waals surface area contributed by atoms with Gasteiger partial charge in [-0.2, -0.15) is 0 Å². The number of nitrogens with zero attached hydrogens (tertiary/aromatic N) is 3. The van der Waals surface area contributed by atoms with Crippen molar-refractivity contribution >= 4 is 41.1 Å². The van der Waals surface area contributed by atoms with E-state index in [9.17, 15) is 20.0 Å². The fourth-order valence-electron chi connectivity index (χ4n) is 3.12. The van der Waals surface area contributed by atoms with E-state index < -0.39 is 10.9 Å². The number of carboxylic acids is 1. The number of carboxylic acid groups (broad SMARTS) is 1. The first-order chi connectivity index (χ1) is 17.3. The number of rotatable bonds is 9. The van der Waals surface area contributed by atoms with E-state index >= 15 is 0 Å². The van der Waals surface area contributed by atoms with E-state index in [0.717, 1.165) is 11.8 Å². The van der Waals surface area contributed by atoms with Crippen molar-refractivity contribution < 1.29 is 28.7 Å². The van der Waals surface area contributed by atoms with Gasteiger partial charge in [0.2, 0.25) is 5.16 Å². The molecule has 184 valence electrons. The highest BCUT2D eigenvalue weighted by molar-refractivity contribution is 8.04. The molecule has 2 N–H and O–H groups in total. The average Bonchev–Trinajstić information content (AvgIpc) is 3.53. The Bertz CT molecular complexity index is 1460. The van der Waals surface area contributed by atoms with E-state index in [1.807, 2.05) is 0 Å². The summed E-state index contributed by atoms with van der Waals surface area (Å²) in [5, 5.41) is 28.0. The fourth-order valence-corrected chi connectivity index (χ4v) is 4.02. The Hall–Kier alpha value is -4.29. The number of aromatic nitrogens is 3. The van der Waals surface area contributed by atoms with Crippen LogP contribution < -0.4 is 9.47 Å². The van der Waals surface area contributed by atoms with Crippen molar-refractivity contribution in [2.45, 2.75) is 5.16 Å². The molecule has 2 aromatic carbocycles. The molecular formula is C23H17ClN4O7S. The Labute approximate surface area is 212 Å². The number of carbonyl (C=O) groups is 1. The molecule has 4 rings (SSSR count). The summed E-state index contributed by atoms with van der Waals surface area (Å²) in [6.07, 6.45) is 1.30. The largest absolute Gasteiger partial charge is 0.497 e. The first-order valence-electron chi connectivity index (χ1n) is 10.1. The number of aromatic amines is 1. The number of nitro groups is 1. The number of non-ortho nitro benzene ring substituents is 1.